The van der Waals surface area contributed by atoms with Crippen LogP contribution in [0.15, 0.2) is 18.5 Å². The molecule has 0 bridgehead atoms. The van der Waals surface area contributed by atoms with E-state index in [9.17, 15) is 0 Å². The van der Waals surface area contributed by atoms with Gasteiger partial charge >= 0.3 is 0 Å². The van der Waals surface area contributed by atoms with Crippen molar-refractivity contribution in [2.75, 3.05) is 30.3 Å². The van der Waals surface area contributed by atoms with Gasteiger partial charge in [-0.15, -0.1) is 0 Å². The molecular formula is C14H25N3O. The molecular weight excluding hydrogens is 226 g/mol. The molecule has 1 atom stereocenters. The summed E-state index contributed by atoms with van der Waals surface area (Å²) >= 11 is 0. The van der Waals surface area contributed by atoms with Gasteiger partial charge < -0.3 is 15.7 Å². The molecule has 1 rings (SSSR count). The number of hydrogen-bond acceptors (Lipinski definition) is 4. The second kappa shape index (κ2) is 8.75. The van der Waals surface area contributed by atoms with Crippen LogP contribution in [0.2, 0.25) is 0 Å². The lowest BCUT2D eigenvalue weighted by atomic mass is 10.0. The number of pyridine rings is 1. The van der Waals surface area contributed by atoms with Crippen molar-refractivity contribution in [1.82, 2.24) is 4.98 Å². The van der Waals surface area contributed by atoms with Gasteiger partial charge in [0.2, 0.25) is 0 Å². The summed E-state index contributed by atoms with van der Waals surface area (Å²) in [6, 6.07) is 2.07. The first-order valence-corrected chi connectivity index (χ1v) is 6.83. The zero-order valence-electron chi connectivity index (χ0n) is 11.4. The maximum Gasteiger partial charge on any atom is 0.0547 e. The Kier molecular flexibility index (Phi) is 7.18. The second-order valence-electron chi connectivity index (χ2n) is 4.54. The first-order chi connectivity index (χ1) is 8.80. The van der Waals surface area contributed by atoms with Crippen molar-refractivity contribution in [3.8, 4) is 0 Å². The highest BCUT2D eigenvalue weighted by atomic mass is 16.3. The minimum absolute atomic E-state index is 0.266. The topological polar surface area (TPSA) is 57.2 Å². The molecule has 0 saturated heterocycles. The lowest BCUT2D eigenvalue weighted by Crippen LogP contribution is -2.16. The van der Waals surface area contributed by atoms with E-state index in [2.05, 4.69) is 35.5 Å². The van der Waals surface area contributed by atoms with Crippen LogP contribution in [0.4, 0.5) is 11.4 Å². The van der Waals surface area contributed by atoms with Gasteiger partial charge in [0.1, 0.15) is 0 Å². The molecule has 102 valence electrons. The molecule has 0 spiro atoms. The van der Waals surface area contributed by atoms with E-state index in [1.165, 1.54) is 0 Å². The van der Waals surface area contributed by atoms with Crippen LogP contribution in [0.1, 0.15) is 33.1 Å². The maximum atomic E-state index is 9.02. The molecule has 0 aliphatic rings. The molecule has 0 radical (unpaired) electrons. The van der Waals surface area contributed by atoms with Crippen molar-refractivity contribution >= 4 is 11.4 Å². The molecule has 1 aromatic rings. The SMILES string of the molecule is CCCC(CCO)CNc1cncc(NCC)c1. The van der Waals surface area contributed by atoms with E-state index >= 15 is 0 Å². The van der Waals surface area contributed by atoms with E-state index < -0.39 is 0 Å². The standard InChI is InChI=1S/C14H25N3O/c1-3-5-12(6-7-18)9-17-14-8-13(16-4-2)10-15-11-14/h8,10-12,16-18H,3-7,9H2,1-2H3. The number of aliphatic hydroxyl groups excluding tert-OH is 1. The van der Waals surface area contributed by atoms with Crippen LogP contribution in [0, 0.1) is 5.92 Å². The lowest BCUT2D eigenvalue weighted by molar-refractivity contribution is 0.255. The van der Waals surface area contributed by atoms with Crippen LogP contribution in [0.3, 0.4) is 0 Å². The molecule has 0 aliphatic carbocycles. The third-order valence-electron chi connectivity index (χ3n) is 2.95. The van der Waals surface area contributed by atoms with Crippen LogP contribution in [0.5, 0.6) is 0 Å². The molecule has 0 fully saturated rings. The van der Waals surface area contributed by atoms with Crippen molar-refractivity contribution in [2.45, 2.75) is 33.1 Å². The molecule has 0 saturated carbocycles. The molecule has 1 heterocycles. The summed E-state index contributed by atoms with van der Waals surface area (Å²) in [6.07, 6.45) is 6.83. The molecule has 4 nitrogen and oxygen atoms in total. The van der Waals surface area contributed by atoms with E-state index in [0.717, 1.165) is 43.7 Å². The van der Waals surface area contributed by atoms with Gasteiger partial charge in [0.15, 0.2) is 0 Å². The first kappa shape index (κ1) is 14.8. The third kappa shape index (κ3) is 5.36. The minimum atomic E-state index is 0.266. The summed E-state index contributed by atoms with van der Waals surface area (Å²) in [7, 11) is 0. The Morgan fingerprint density at radius 1 is 1.17 bits per heavy atom. The van der Waals surface area contributed by atoms with Crippen LogP contribution in [0.25, 0.3) is 0 Å². The van der Waals surface area contributed by atoms with Crippen molar-refractivity contribution < 1.29 is 5.11 Å². The van der Waals surface area contributed by atoms with E-state index in [4.69, 9.17) is 5.11 Å². The zero-order chi connectivity index (χ0) is 13.2. The van der Waals surface area contributed by atoms with Gasteiger partial charge in [-0.3, -0.25) is 4.98 Å². The van der Waals surface area contributed by atoms with E-state index in [-0.39, 0.29) is 6.61 Å². The van der Waals surface area contributed by atoms with Crippen molar-refractivity contribution in [3.63, 3.8) is 0 Å². The van der Waals surface area contributed by atoms with Gasteiger partial charge in [0, 0.05) is 19.7 Å². The van der Waals surface area contributed by atoms with E-state index in [1.54, 1.807) is 0 Å². The summed E-state index contributed by atoms with van der Waals surface area (Å²) in [4.78, 5) is 4.20. The third-order valence-corrected chi connectivity index (χ3v) is 2.95. The smallest absolute Gasteiger partial charge is 0.0547 e. The number of nitrogens with one attached hydrogen (secondary N) is 2. The number of nitrogens with zero attached hydrogens (tertiary/aromatic N) is 1. The number of aliphatic hydroxyl groups is 1. The lowest BCUT2D eigenvalue weighted by Gasteiger charge is -2.16. The van der Waals surface area contributed by atoms with Crippen molar-refractivity contribution in [3.05, 3.63) is 18.5 Å². The molecule has 3 N–H and O–H groups in total. The molecule has 1 unspecified atom stereocenters. The quantitative estimate of drug-likeness (QED) is 0.631. The first-order valence-electron chi connectivity index (χ1n) is 6.83. The summed E-state index contributed by atoms with van der Waals surface area (Å²) in [6.45, 7) is 6.30. The van der Waals surface area contributed by atoms with E-state index in [1.807, 2.05) is 12.4 Å². The summed E-state index contributed by atoms with van der Waals surface area (Å²) < 4.78 is 0. The summed E-state index contributed by atoms with van der Waals surface area (Å²) in [5, 5.41) is 15.7. The van der Waals surface area contributed by atoms with Gasteiger partial charge in [-0.25, -0.2) is 0 Å². The number of hydrogen-bond donors (Lipinski definition) is 3. The van der Waals surface area contributed by atoms with Crippen LogP contribution < -0.4 is 10.6 Å². The van der Waals surface area contributed by atoms with Gasteiger partial charge in [-0.1, -0.05) is 13.3 Å². The Labute approximate surface area is 110 Å². The Balaban J connectivity index is 2.47. The zero-order valence-corrected chi connectivity index (χ0v) is 11.4. The number of aromatic nitrogens is 1. The molecule has 0 aromatic carbocycles. The Hall–Kier alpha value is -1.29. The normalized spacial score (nSPS) is 12.2. The van der Waals surface area contributed by atoms with Crippen LogP contribution in [-0.4, -0.2) is 29.8 Å². The average molecular weight is 251 g/mol. The van der Waals surface area contributed by atoms with E-state index in [0.29, 0.717) is 5.92 Å². The molecule has 0 amide bonds. The highest BCUT2D eigenvalue weighted by Gasteiger charge is 2.07. The van der Waals surface area contributed by atoms with Crippen LogP contribution >= 0.6 is 0 Å². The molecule has 18 heavy (non-hydrogen) atoms. The predicted molar refractivity (Wildman–Crippen MR) is 77.0 cm³/mol. The average Bonchev–Trinajstić information content (AvgIpc) is 2.37. The van der Waals surface area contributed by atoms with Gasteiger partial charge in [0.05, 0.1) is 23.8 Å². The highest BCUT2D eigenvalue weighted by Crippen LogP contribution is 2.16. The minimum Gasteiger partial charge on any atom is -0.396 e. The van der Waals surface area contributed by atoms with Crippen LogP contribution in [-0.2, 0) is 0 Å². The molecule has 0 aliphatic heterocycles. The van der Waals surface area contributed by atoms with Gasteiger partial charge in [-0.05, 0) is 31.7 Å². The fraction of sp³-hybridized carbons (Fsp3) is 0.643. The van der Waals surface area contributed by atoms with Crippen molar-refractivity contribution in [1.29, 1.82) is 0 Å². The van der Waals surface area contributed by atoms with Gasteiger partial charge in [0.25, 0.3) is 0 Å². The fourth-order valence-corrected chi connectivity index (χ4v) is 2.04. The number of anilines is 2. The van der Waals surface area contributed by atoms with Gasteiger partial charge in [-0.2, -0.15) is 0 Å². The highest BCUT2D eigenvalue weighted by molar-refractivity contribution is 5.53. The fourth-order valence-electron chi connectivity index (χ4n) is 2.04. The van der Waals surface area contributed by atoms with Crippen molar-refractivity contribution in [2.24, 2.45) is 5.92 Å². The largest absolute Gasteiger partial charge is 0.396 e. The Morgan fingerprint density at radius 2 is 1.89 bits per heavy atom. The Bertz CT molecular complexity index is 325. The Morgan fingerprint density at radius 3 is 2.50 bits per heavy atom. The second-order valence-corrected chi connectivity index (χ2v) is 4.54. The predicted octanol–water partition coefficient (Wildman–Crippen LogP) is 2.72. The summed E-state index contributed by atoms with van der Waals surface area (Å²) in [5.74, 6) is 0.530. The monoisotopic (exact) mass is 251 g/mol. The molecule has 1 aromatic heterocycles. The maximum absolute atomic E-state index is 9.02. The number of rotatable bonds is 9. The molecule has 4 heteroatoms. The summed E-state index contributed by atoms with van der Waals surface area (Å²) in [5.41, 5.74) is 2.07.